The second-order valence-electron chi connectivity index (χ2n) is 10.2. The van der Waals surface area contributed by atoms with Crippen molar-refractivity contribution in [2.45, 2.75) is 86.0 Å². The third-order valence-corrected chi connectivity index (χ3v) is 6.94. The van der Waals surface area contributed by atoms with Crippen molar-refractivity contribution in [3.63, 3.8) is 0 Å². The van der Waals surface area contributed by atoms with Crippen LogP contribution in [0.1, 0.15) is 95.5 Å². The first-order chi connectivity index (χ1) is 17.8. The van der Waals surface area contributed by atoms with Gasteiger partial charge in [-0.25, -0.2) is 0 Å². The SMILES string of the molecule is CCCCCC(=O)c1c(O)cc(OC)c(CC2=C(O)[C@@](C)(CC=C(C)C)C(=O)C(C(=O)CCC)=C2O)c1O. The van der Waals surface area contributed by atoms with E-state index in [-0.39, 0.29) is 48.1 Å². The Morgan fingerprint density at radius 3 is 2.21 bits per heavy atom. The van der Waals surface area contributed by atoms with Gasteiger partial charge < -0.3 is 25.2 Å². The molecule has 0 radical (unpaired) electrons. The standard InChI is InChI=1S/C30H40O8/c1-7-9-10-12-21(32)24-22(33)16-23(38-6)18(26(24)34)15-19-27(35)25(20(31)11-8-2)29(37)30(5,28(19)36)14-13-17(3)4/h13,16,33-36H,7-12,14-15H2,1-6H3/t30-/m1/s1. The number of unbranched alkanes of at least 4 members (excludes halogenated alkanes) is 2. The van der Waals surface area contributed by atoms with E-state index in [0.717, 1.165) is 18.4 Å². The highest BCUT2D eigenvalue weighted by Crippen LogP contribution is 2.46. The fraction of sp³-hybridized carbons (Fsp3) is 0.500. The number of phenols is 2. The zero-order valence-electron chi connectivity index (χ0n) is 23.2. The van der Waals surface area contributed by atoms with E-state index in [1.165, 1.54) is 20.1 Å². The van der Waals surface area contributed by atoms with Crippen molar-refractivity contribution < 1.29 is 39.5 Å². The molecule has 1 aliphatic carbocycles. The Labute approximate surface area is 224 Å². The number of allylic oxidation sites excluding steroid dienone is 5. The van der Waals surface area contributed by atoms with Crippen LogP contribution in [0.5, 0.6) is 17.2 Å². The van der Waals surface area contributed by atoms with E-state index in [0.29, 0.717) is 12.8 Å². The average Bonchev–Trinajstić information content (AvgIpc) is 2.85. The lowest BCUT2D eigenvalue weighted by Gasteiger charge is -2.34. The smallest absolute Gasteiger partial charge is 0.183 e. The van der Waals surface area contributed by atoms with Gasteiger partial charge in [0.05, 0.1) is 12.5 Å². The first-order valence-corrected chi connectivity index (χ1v) is 13.1. The molecule has 1 atom stereocenters. The Bertz CT molecular complexity index is 1200. The molecule has 4 N–H and O–H groups in total. The maximum absolute atomic E-state index is 13.5. The highest BCUT2D eigenvalue weighted by molar-refractivity contribution is 6.24. The molecule has 38 heavy (non-hydrogen) atoms. The molecule has 0 saturated heterocycles. The minimum absolute atomic E-state index is 0.0162. The molecule has 1 aliphatic rings. The van der Waals surface area contributed by atoms with Gasteiger partial charge in [-0.2, -0.15) is 0 Å². The third kappa shape index (κ3) is 6.11. The van der Waals surface area contributed by atoms with Crippen molar-refractivity contribution in [2.75, 3.05) is 7.11 Å². The van der Waals surface area contributed by atoms with Crippen LogP contribution in [-0.4, -0.2) is 44.9 Å². The fourth-order valence-corrected chi connectivity index (χ4v) is 4.60. The maximum atomic E-state index is 13.5. The summed E-state index contributed by atoms with van der Waals surface area (Å²) < 4.78 is 5.34. The Morgan fingerprint density at radius 2 is 1.66 bits per heavy atom. The predicted molar refractivity (Wildman–Crippen MR) is 145 cm³/mol. The van der Waals surface area contributed by atoms with E-state index in [1.807, 2.05) is 20.8 Å². The highest BCUT2D eigenvalue weighted by atomic mass is 16.5. The third-order valence-electron chi connectivity index (χ3n) is 6.94. The van der Waals surface area contributed by atoms with Crippen LogP contribution in [0.15, 0.2) is 40.4 Å². The number of methoxy groups -OCH3 is 1. The molecule has 8 nitrogen and oxygen atoms in total. The van der Waals surface area contributed by atoms with Gasteiger partial charge in [0.25, 0.3) is 0 Å². The van der Waals surface area contributed by atoms with E-state index in [2.05, 4.69) is 0 Å². The van der Waals surface area contributed by atoms with Crippen molar-refractivity contribution in [1.82, 2.24) is 0 Å². The quantitative estimate of drug-likeness (QED) is 0.100. The van der Waals surface area contributed by atoms with Crippen molar-refractivity contribution in [2.24, 2.45) is 5.41 Å². The molecule has 0 spiro atoms. The van der Waals surface area contributed by atoms with Crippen LogP contribution >= 0.6 is 0 Å². The van der Waals surface area contributed by atoms with Crippen LogP contribution in [0.25, 0.3) is 0 Å². The first-order valence-electron chi connectivity index (χ1n) is 13.1. The maximum Gasteiger partial charge on any atom is 0.183 e. The molecular formula is C30H40O8. The molecule has 2 rings (SSSR count). The van der Waals surface area contributed by atoms with Crippen LogP contribution in [0.2, 0.25) is 0 Å². The van der Waals surface area contributed by atoms with Gasteiger partial charge in [-0.3, -0.25) is 14.4 Å². The molecular weight excluding hydrogens is 488 g/mol. The van der Waals surface area contributed by atoms with Gasteiger partial charge in [0.1, 0.15) is 39.9 Å². The van der Waals surface area contributed by atoms with Gasteiger partial charge in [-0.15, -0.1) is 0 Å². The number of phenolic OH excluding ortho intramolecular Hbond substituents is 2. The summed E-state index contributed by atoms with van der Waals surface area (Å²) in [7, 11) is 1.31. The van der Waals surface area contributed by atoms with Crippen LogP contribution in [0.4, 0.5) is 0 Å². The summed E-state index contributed by atoms with van der Waals surface area (Å²) >= 11 is 0. The number of carbonyl (C=O) groups excluding carboxylic acids is 3. The second-order valence-corrected chi connectivity index (χ2v) is 10.2. The van der Waals surface area contributed by atoms with Crippen molar-refractivity contribution in [3.8, 4) is 17.2 Å². The Balaban J connectivity index is 2.76. The van der Waals surface area contributed by atoms with Gasteiger partial charge in [-0.1, -0.05) is 38.3 Å². The molecule has 1 aromatic carbocycles. The van der Waals surface area contributed by atoms with E-state index in [4.69, 9.17) is 4.74 Å². The largest absolute Gasteiger partial charge is 0.511 e. The number of hydrogen-bond donors (Lipinski definition) is 4. The number of carbonyl (C=O) groups is 3. The van der Waals surface area contributed by atoms with Crippen molar-refractivity contribution in [1.29, 1.82) is 0 Å². The molecule has 0 bridgehead atoms. The van der Waals surface area contributed by atoms with Crippen molar-refractivity contribution >= 4 is 17.3 Å². The number of ether oxygens (including phenoxy) is 1. The minimum atomic E-state index is -1.53. The summed E-state index contributed by atoms with van der Waals surface area (Å²) in [5.41, 5.74) is -1.40. The number of aliphatic hydroxyl groups is 2. The lowest BCUT2D eigenvalue weighted by Crippen LogP contribution is -2.39. The number of rotatable bonds is 13. The van der Waals surface area contributed by atoms with Gasteiger partial charge in [-0.05, 0) is 40.0 Å². The lowest BCUT2D eigenvalue weighted by atomic mass is 9.69. The number of hydrogen-bond acceptors (Lipinski definition) is 8. The molecule has 0 fully saturated rings. The molecule has 0 aromatic heterocycles. The van der Waals surface area contributed by atoms with Crippen LogP contribution < -0.4 is 4.74 Å². The second kappa shape index (κ2) is 12.8. The monoisotopic (exact) mass is 528 g/mol. The topological polar surface area (TPSA) is 141 Å². The van der Waals surface area contributed by atoms with Crippen molar-refractivity contribution in [3.05, 3.63) is 51.5 Å². The molecule has 0 amide bonds. The number of benzene rings is 1. The summed E-state index contributed by atoms with van der Waals surface area (Å²) in [6, 6.07) is 1.19. The molecule has 8 heteroatoms. The Hall–Kier alpha value is -3.55. The summed E-state index contributed by atoms with van der Waals surface area (Å²) in [5.74, 6) is -3.75. The Morgan fingerprint density at radius 1 is 1.00 bits per heavy atom. The highest BCUT2D eigenvalue weighted by Gasteiger charge is 2.47. The van der Waals surface area contributed by atoms with E-state index in [9.17, 15) is 34.8 Å². The first kappa shape index (κ1) is 30.7. The number of aliphatic hydroxyl groups excluding tert-OH is 2. The average molecular weight is 529 g/mol. The molecule has 0 saturated carbocycles. The van der Waals surface area contributed by atoms with Gasteiger partial charge in [0, 0.05) is 36.5 Å². The number of aromatic hydroxyl groups is 2. The summed E-state index contributed by atoms with van der Waals surface area (Å²) in [6.45, 7) is 8.95. The molecule has 208 valence electrons. The lowest BCUT2D eigenvalue weighted by molar-refractivity contribution is -0.127. The van der Waals surface area contributed by atoms with Gasteiger partial charge in [0.15, 0.2) is 17.3 Å². The Kier molecular flexibility index (Phi) is 10.3. The number of ketones is 3. The van der Waals surface area contributed by atoms with Gasteiger partial charge in [0.2, 0.25) is 0 Å². The summed E-state index contributed by atoms with van der Waals surface area (Å²) in [6.07, 6.45) is 4.37. The van der Waals surface area contributed by atoms with E-state index in [1.54, 1.807) is 13.0 Å². The van der Waals surface area contributed by atoms with Crippen LogP contribution in [-0.2, 0) is 16.0 Å². The van der Waals surface area contributed by atoms with Crippen LogP contribution in [0, 0.1) is 5.41 Å². The fourth-order valence-electron chi connectivity index (χ4n) is 4.60. The van der Waals surface area contributed by atoms with Crippen LogP contribution in [0.3, 0.4) is 0 Å². The predicted octanol–water partition coefficient (Wildman–Crippen LogP) is 6.35. The summed E-state index contributed by atoms with van der Waals surface area (Å²) in [5, 5.41) is 44.1. The number of Topliss-reactive ketones (excluding diaryl/α,β-unsaturated/α-hetero) is 3. The molecule has 1 aromatic rings. The molecule has 0 heterocycles. The minimum Gasteiger partial charge on any atom is -0.511 e. The molecule has 0 aliphatic heterocycles. The van der Waals surface area contributed by atoms with Gasteiger partial charge >= 0.3 is 0 Å². The normalized spacial score (nSPS) is 17.6. The van der Waals surface area contributed by atoms with E-state index >= 15 is 0 Å². The molecule has 0 unspecified atom stereocenters. The zero-order valence-corrected chi connectivity index (χ0v) is 23.2. The van der Waals surface area contributed by atoms with E-state index < -0.39 is 51.4 Å². The summed E-state index contributed by atoms with van der Waals surface area (Å²) in [4.78, 5) is 39.3. The zero-order chi connectivity index (χ0) is 28.8.